The first-order valence-corrected chi connectivity index (χ1v) is 22.5. The number of alkyl halides is 1. The maximum absolute atomic E-state index is 16.5. The molecule has 3 rings (SSSR count). The highest BCUT2D eigenvalue weighted by Gasteiger charge is 2.62. The third-order valence-electron chi connectivity index (χ3n) is 13.3. The molecule has 3 saturated heterocycles. The Bertz CT molecular complexity index is 1370. The van der Waals surface area contributed by atoms with Gasteiger partial charge in [-0.2, -0.15) is 0 Å². The third kappa shape index (κ3) is 9.98. The van der Waals surface area contributed by atoms with Crippen LogP contribution in [0.2, 0.25) is 17.6 Å². The molecular weight excluding hydrogens is 734 g/mol. The molecule has 14 atom stereocenters. The summed E-state index contributed by atoms with van der Waals surface area (Å²) < 4.78 is 47.1. The van der Waals surface area contributed by atoms with Gasteiger partial charge in [-0.25, -0.2) is 4.39 Å². The zero-order valence-electron chi connectivity index (χ0n) is 35.2. The summed E-state index contributed by atoms with van der Waals surface area (Å²) in [7, 11) is 1.11. The number of carbonyl (C=O) groups is 3. The number of hydrogen-bond donors (Lipinski definition) is 4. The summed E-state index contributed by atoms with van der Waals surface area (Å²) in [5.74, 6) is -7.67. The van der Waals surface area contributed by atoms with Gasteiger partial charge in [0.15, 0.2) is 32.5 Å². The SMILES string of the molecule is CCC1OC(O)C(C)(F)C(=O)C(C)CC(COC2CC(N(C)CC(C)[Si](O)(CC)CC)CC(C)O2)(OC)CC(C)C(=O)C(C)C2C(C(N)=NO)C(=O)OC12C. The van der Waals surface area contributed by atoms with E-state index in [2.05, 4.69) is 37.9 Å². The van der Waals surface area contributed by atoms with E-state index in [9.17, 15) is 29.5 Å². The second kappa shape index (κ2) is 18.7. The van der Waals surface area contributed by atoms with Crippen LogP contribution in [0.4, 0.5) is 4.39 Å². The van der Waals surface area contributed by atoms with Crippen LogP contribution >= 0.6 is 0 Å². The molecule has 0 aromatic heterocycles. The lowest BCUT2D eigenvalue weighted by Crippen LogP contribution is -2.57. The second-order valence-corrected chi connectivity index (χ2v) is 21.8. The molecule has 0 spiro atoms. The standard InChI is InChI=1S/C39H70FN3O11Si/c1-13-28-38(10)31(30(34(41)42-48)35(46)54-38)26(8)32(44)22(4)18-39(50-12,19-23(5)33(45)37(9,40)36(47)53-28)21-51-29-17-27(16-24(6)52-29)43(11)20-25(7)55(49,14-2)15-3/h22-31,36,47-49H,13-21H2,1-12H3,(H2,41,42). The number of aliphatic hydroxyl groups excluding tert-OH is 1. The fourth-order valence-electron chi connectivity index (χ4n) is 9.63. The molecule has 0 saturated carbocycles. The summed E-state index contributed by atoms with van der Waals surface area (Å²) in [6.45, 7) is 17.9. The monoisotopic (exact) mass is 803 g/mol. The van der Waals surface area contributed by atoms with Crippen molar-refractivity contribution in [2.24, 2.45) is 40.5 Å². The van der Waals surface area contributed by atoms with E-state index in [0.717, 1.165) is 32.0 Å². The first-order chi connectivity index (χ1) is 25.5. The van der Waals surface area contributed by atoms with Crippen molar-refractivity contribution in [1.82, 2.24) is 4.90 Å². The van der Waals surface area contributed by atoms with Crippen LogP contribution in [-0.2, 0) is 38.1 Å². The van der Waals surface area contributed by atoms with Gasteiger partial charge < -0.3 is 49.4 Å². The highest BCUT2D eigenvalue weighted by Crippen LogP contribution is 2.48. The van der Waals surface area contributed by atoms with Crippen LogP contribution < -0.4 is 5.73 Å². The van der Waals surface area contributed by atoms with Gasteiger partial charge in [0.2, 0.25) is 5.67 Å². The van der Waals surface area contributed by atoms with Gasteiger partial charge in [-0.3, -0.25) is 14.4 Å². The molecule has 0 amide bonds. The first-order valence-electron chi connectivity index (χ1n) is 20.1. The van der Waals surface area contributed by atoms with Gasteiger partial charge in [0.25, 0.3) is 0 Å². The number of aliphatic hydroxyl groups is 1. The van der Waals surface area contributed by atoms with E-state index in [0.29, 0.717) is 6.42 Å². The number of fused-ring (bicyclic) bond motifs is 1. The number of hydrogen-bond acceptors (Lipinski definition) is 13. The van der Waals surface area contributed by atoms with Gasteiger partial charge in [0.05, 0.1) is 18.3 Å². The Hall–Kier alpha value is -2.05. The van der Waals surface area contributed by atoms with Crippen molar-refractivity contribution >= 4 is 31.7 Å². The van der Waals surface area contributed by atoms with E-state index in [4.69, 9.17) is 29.4 Å². The summed E-state index contributed by atoms with van der Waals surface area (Å²) in [6.07, 6.45) is -2.87. The summed E-state index contributed by atoms with van der Waals surface area (Å²) in [5, 5.41) is 23.9. The van der Waals surface area contributed by atoms with Gasteiger partial charge >= 0.3 is 5.97 Å². The first kappa shape index (κ1) is 47.3. The Kier molecular flexibility index (Phi) is 16.1. The van der Waals surface area contributed by atoms with Crippen molar-refractivity contribution in [1.29, 1.82) is 0 Å². The van der Waals surface area contributed by atoms with Crippen molar-refractivity contribution in [3.8, 4) is 0 Å². The lowest BCUT2D eigenvalue weighted by Gasteiger charge is -2.44. The van der Waals surface area contributed by atoms with E-state index in [1.54, 1.807) is 27.7 Å². The Balaban J connectivity index is 2.01. The summed E-state index contributed by atoms with van der Waals surface area (Å²) in [5.41, 5.74) is 0.345. The normalized spacial score (nSPS) is 40.8. The molecule has 0 radical (unpaired) electrons. The maximum atomic E-state index is 16.5. The molecule has 3 aliphatic rings. The van der Waals surface area contributed by atoms with E-state index in [1.165, 1.54) is 14.0 Å². The number of esters is 1. The maximum Gasteiger partial charge on any atom is 0.317 e. The number of Topliss-reactive ketones (excluding diaryl/α,β-unsaturated/α-hetero) is 2. The van der Waals surface area contributed by atoms with E-state index >= 15 is 4.39 Å². The highest BCUT2D eigenvalue weighted by atomic mass is 28.4. The fraction of sp³-hybridized carbons (Fsp3) is 0.897. The minimum absolute atomic E-state index is 0.0520. The Morgan fingerprint density at radius 3 is 2.22 bits per heavy atom. The molecule has 0 aliphatic carbocycles. The van der Waals surface area contributed by atoms with Crippen LogP contribution in [-0.4, -0.2) is 127 Å². The third-order valence-corrected chi connectivity index (χ3v) is 17.8. The van der Waals surface area contributed by atoms with Gasteiger partial charge in [-0.05, 0) is 71.1 Å². The van der Waals surface area contributed by atoms with Crippen LogP contribution in [0.5, 0.6) is 0 Å². The molecule has 318 valence electrons. The number of halogens is 1. The predicted molar refractivity (Wildman–Crippen MR) is 206 cm³/mol. The van der Waals surface area contributed by atoms with E-state index in [-0.39, 0.29) is 49.3 Å². The van der Waals surface area contributed by atoms with Crippen molar-refractivity contribution < 1.29 is 57.6 Å². The summed E-state index contributed by atoms with van der Waals surface area (Å²) in [6, 6.07) is 1.68. The molecule has 3 aliphatic heterocycles. The molecule has 16 heteroatoms. The fourth-order valence-corrected chi connectivity index (χ4v) is 12.1. The quantitative estimate of drug-likeness (QED) is 0.0536. The van der Waals surface area contributed by atoms with Crippen molar-refractivity contribution in [2.45, 2.75) is 167 Å². The minimum Gasteiger partial charge on any atom is -0.456 e. The Morgan fingerprint density at radius 1 is 1.07 bits per heavy atom. The number of ether oxygens (including phenoxy) is 5. The van der Waals surface area contributed by atoms with Gasteiger partial charge in [-0.15, -0.1) is 0 Å². The molecule has 14 nitrogen and oxygen atoms in total. The Labute approximate surface area is 328 Å². The Morgan fingerprint density at radius 2 is 1.67 bits per heavy atom. The molecule has 3 fully saturated rings. The van der Waals surface area contributed by atoms with Crippen LogP contribution in [0, 0.1) is 29.6 Å². The number of nitrogens with zero attached hydrogens (tertiary/aromatic N) is 2. The molecule has 3 heterocycles. The number of oxime groups is 1. The zero-order chi connectivity index (χ0) is 41.8. The van der Waals surface area contributed by atoms with Crippen LogP contribution in [0.15, 0.2) is 5.16 Å². The average Bonchev–Trinajstić information content (AvgIpc) is 3.43. The number of nitrogens with two attached hydrogens (primary N) is 1. The van der Waals surface area contributed by atoms with Crippen LogP contribution in [0.1, 0.15) is 101 Å². The van der Waals surface area contributed by atoms with Gasteiger partial charge in [0, 0.05) is 49.8 Å². The largest absolute Gasteiger partial charge is 0.456 e. The molecule has 0 aromatic carbocycles. The van der Waals surface area contributed by atoms with Gasteiger partial charge in [0.1, 0.15) is 23.4 Å². The number of carbonyl (C=O) groups excluding carboxylic acids is 3. The predicted octanol–water partition coefficient (Wildman–Crippen LogP) is 4.56. The lowest BCUT2D eigenvalue weighted by molar-refractivity contribution is -0.244. The number of rotatable bonds is 12. The molecule has 0 bridgehead atoms. The molecule has 55 heavy (non-hydrogen) atoms. The average molecular weight is 804 g/mol. The molecular formula is C39H70FN3O11Si. The van der Waals surface area contributed by atoms with Crippen LogP contribution in [0.25, 0.3) is 0 Å². The van der Waals surface area contributed by atoms with Crippen molar-refractivity contribution in [3.05, 3.63) is 0 Å². The van der Waals surface area contributed by atoms with E-state index in [1.807, 2.05) is 6.92 Å². The summed E-state index contributed by atoms with van der Waals surface area (Å²) >= 11 is 0. The number of ketones is 2. The number of amidine groups is 1. The highest BCUT2D eigenvalue weighted by molar-refractivity contribution is 6.73. The van der Waals surface area contributed by atoms with Crippen molar-refractivity contribution in [3.63, 3.8) is 0 Å². The summed E-state index contributed by atoms with van der Waals surface area (Å²) in [4.78, 5) is 55.3. The smallest absolute Gasteiger partial charge is 0.317 e. The zero-order valence-corrected chi connectivity index (χ0v) is 36.2. The molecule has 0 aromatic rings. The lowest BCUT2D eigenvalue weighted by atomic mass is 9.67. The van der Waals surface area contributed by atoms with E-state index < -0.39 is 91.0 Å². The molecule has 14 unspecified atom stereocenters. The van der Waals surface area contributed by atoms with Crippen molar-refractivity contribution in [2.75, 3.05) is 27.3 Å². The molecule has 5 N–H and O–H groups in total. The number of methoxy groups -OCH3 is 1. The van der Waals surface area contributed by atoms with Gasteiger partial charge in [-0.1, -0.05) is 53.6 Å². The second-order valence-electron chi connectivity index (χ2n) is 17.2. The topological polar surface area (TPSA) is 200 Å². The minimum atomic E-state index is -2.90. The van der Waals surface area contributed by atoms with Crippen LogP contribution in [0.3, 0.4) is 0 Å².